The van der Waals surface area contributed by atoms with Crippen LogP contribution in [0.1, 0.15) is 37.5 Å². The molecule has 0 unspecified atom stereocenters. The van der Waals surface area contributed by atoms with E-state index < -0.39 is 0 Å². The summed E-state index contributed by atoms with van der Waals surface area (Å²) in [5.41, 5.74) is 2.21. The Morgan fingerprint density at radius 2 is 2.05 bits per heavy atom. The van der Waals surface area contributed by atoms with Crippen LogP contribution in [0.15, 0.2) is 33.7 Å². The molecule has 1 heterocycles. The number of carbonyl (C=O) groups excluding carboxylic acids is 1. The Balaban J connectivity index is 1.47. The summed E-state index contributed by atoms with van der Waals surface area (Å²) in [4.78, 5) is 18.6. The van der Waals surface area contributed by atoms with Crippen LogP contribution in [0, 0.1) is 5.41 Å². The van der Waals surface area contributed by atoms with Crippen molar-refractivity contribution in [2.24, 2.45) is 10.4 Å². The highest BCUT2D eigenvalue weighted by Crippen LogP contribution is 2.62. The Labute approximate surface area is 110 Å². The van der Waals surface area contributed by atoms with Crippen LogP contribution < -0.4 is 0 Å². The first-order chi connectivity index (χ1) is 9.28. The molecule has 0 bridgehead atoms. The van der Waals surface area contributed by atoms with E-state index in [9.17, 15) is 4.79 Å². The first-order valence-corrected chi connectivity index (χ1v) is 6.70. The molecule has 19 heavy (non-hydrogen) atoms. The van der Waals surface area contributed by atoms with Crippen molar-refractivity contribution in [2.75, 3.05) is 0 Å². The second-order valence-electron chi connectivity index (χ2n) is 5.91. The smallest absolute Gasteiger partial charge is 0.235 e. The molecular formula is C15H14N2O2. The second kappa shape index (κ2) is 3.78. The first kappa shape index (κ1) is 10.9. The number of hydrogen-bond donors (Lipinski definition) is 0. The molecule has 2 aliphatic rings. The molecule has 4 nitrogen and oxygen atoms in total. The molecule has 2 fully saturated rings. The van der Waals surface area contributed by atoms with Crippen molar-refractivity contribution in [3.8, 4) is 0 Å². The fraction of sp³-hybridized carbons (Fsp3) is 0.467. The summed E-state index contributed by atoms with van der Waals surface area (Å²) in [5.74, 6) is 1.31. The van der Waals surface area contributed by atoms with Crippen LogP contribution in [-0.2, 0) is 4.79 Å². The van der Waals surface area contributed by atoms with Crippen molar-refractivity contribution in [3.05, 3.63) is 30.2 Å². The predicted octanol–water partition coefficient (Wildman–Crippen LogP) is 3.19. The molecule has 1 spiro atoms. The minimum Gasteiger partial charge on any atom is -0.440 e. The van der Waals surface area contributed by atoms with Crippen molar-refractivity contribution >= 4 is 17.2 Å². The molecule has 2 aromatic rings. The normalized spacial score (nSPS) is 32.6. The summed E-state index contributed by atoms with van der Waals surface area (Å²) < 4.78 is 5.81. The molecule has 0 amide bonds. The topological polar surface area (TPSA) is 55.5 Å². The van der Waals surface area contributed by atoms with Crippen LogP contribution in [0.5, 0.6) is 0 Å². The van der Waals surface area contributed by atoms with E-state index in [0.717, 1.165) is 42.7 Å². The molecule has 0 atom stereocenters. The quantitative estimate of drug-likeness (QED) is 0.611. The average molecular weight is 254 g/mol. The molecule has 0 aliphatic heterocycles. The Hall–Kier alpha value is -1.93. The minimum atomic E-state index is 0.210. The van der Waals surface area contributed by atoms with Gasteiger partial charge in [-0.25, -0.2) is 14.8 Å². The Morgan fingerprint density at radius 3 is 2.79 bits per heavy atom. The number of benzene rings is 1. The van der Waals surface area contributed by atoms with Crippen LogP contribution >= 0.6 is 0 Å². The van der Waals surface area contributed by atoms with Gasteiger partial charge in [-0.05, 0) is 43.2 Å². The lowest BCUT2D eigenvalue weighted by Gasteiger charge is -2.55. The van der Waals surface area contributed by atoms with Crippen LogP contribution in [0.4, 0.5) is 0 Å². The highest BCUT2D eigenvalue weighted by atomic mass is 16.3. The standard InChI is InChI=1S/C15H14N2O2/c18-9-16-11-7-15(8-11)5-10(6-15)14-17-12-3-1-2-4-13(12)19-14/h1-4,10-11H,5-8H2. The van der Waals surface area contributed by atoms with E-state index in [-0.39, 0.29) is 6.04 Å². The lowest BCUT2D eigenvalue weighted by molar-refractivity contribution is -0.0148. The largest absolute Gasteiger partial charge is 0.440 e. The maximum absolute atomic E-state index is 10.2. The summed E-state index contributed by atoms with van der Waals surface area (Å²) in [6.45, 7) is 0. The van der Waals surface area contributed by atoms with Crippen LogP contribution in [0.3, 0.4) is 0 Å². The van der Waals surface area contributed by atoms with Gasteiger partial charge in [0.15, 0.2) is 11.5 Å². The predicted molar refractivity (Wildman–Crippen MR) is 69.6 cm³/mol. The third-order valence-electron chi connectivity index (χ3n) is 4.59. The van der Waals surface area contributed by atoms with Gasteiger partial charge in [-0.2, -0.15) is 0 Å². The molecule has 2 saturated carbocycles. The zero-order chi connectivity index (χ0) is 12.9. The van der Waals surface area contributed by atoms with E-state index in [0.29, 0.717) is 11.3 Å². The van der Waals surface area contributed by atoms with Crippen LogP contribution in [-0.4, -0.2) is 17.1 Å². The van der Waals surface area contributed by atoms with Gasteiger partial charge in [-0.3, -0.25) is 0 Å². The number of aromatic nitrogens is 1. The summed E-state index contributed by atoms with van der Waals surface area (Å²) >= 11 is 0. The van der Waals surface area contributed by atoms with Gasteiger partial charge < -0.3 is 4.42 Å². The van der Waals surface area contributed by atoms with Crippen molar-refractivity contribution < 1.29 is 9.21 Å². The third kappa shape index (κ3) is 1.64. The van der Waals surface area contributed by atoms with E-state index in [1.54, 1.807) is 6.08 Å². The molecule has 1 aromatic carbocycles. The fourth-order valence-corrected chi connectivity index (χ4v) is 3.66. The summed E-state index contributed by atoms with van der Waals surface area (Å²) in [6.07, 6.45) is 5.95. The molecule has 1 aromatic heterocycles. The van der Waals surface area contributed by atoms with Crippen LogP contribution in [0.25, 0.3) is 11.1 Å². The molecule has 2 aliphatic carbocycles. The zero-order valence-electron chi connectivity index (χ0n) is 10.5. The summed E-state index contributed by atoms with van der Waals surface area (Å²) in [7, 11) is 0. The highest BCUT2D eigenvalue weighted by Gasteiger charge is 2.54. The maximum atomic E-state index is 10.2. The molecule has 0 saturated heterocycles. The van der Waals surface area contributed by atoms with Crippen molar-refractivity contribution in [1.29, 1.82) is 0 Å². The maximum Gasteiger partial charge on any atom is 0.235 e. The molecule has 0 radical (unpaired) electrons. The van der Waals surface area contributed by atoms with Gasteiger partial charge >= 0.3 is 0 Å². The third-order valence-corrected chi connectivity index (χ3v) is 4.59. The SMILES string of the molecule is O=C=NC1CC2(C1)CC(c1nc3ccccc3o1)C2. The number of oxazole rings is 1. The number of aliphatic imine (C=N–C) groups is 1. The summed E-state index contributed by atoms with van der Waals surface area (Å²) in [6, 6.07) is 8.09. The molecule has 4 heteroatoms. The Bertz CT molecular complexity index is 637. The van der Waals surface area contributed by atoms with Gasteiger partial charge in [0.05, 0.1) is 6.04 Å². The number of isocyanates is 1. The molecule has 96 valence electrons. The average Bonchev–Trinajstić information content (AvgIpc) is 2.73. The summed E-state index contributed by atoms with van der Waals surface area (Å²) in [5, 5.41) is 0. The zero-order valence-corrected chi connectivity index (χ0v) is 10.5. The van der Waals surface area contributed by atoms with E-state index in [4.69, 9.17) is 4.42 Å². The number of fused-ring (bicyclic) bond motifs is 1. The highest BCUT2D eigenvalue weighted by molar-refractivity contribution is 5.72. The van der Waals surface area contributed by atoms with Gasteiger partial charge in [0.25, 0.3) is 0 Å². The van der Waals surface area contributed by atoms with Crippen molar-refractivity contribution in [3.63, 3.8) is 0 Å². The minimum absolute atomic E-state index is 0.210. The lowest BCUT2D eigenvalue weighted by atomic mass is 9.50. The molecule has 0 N–H and O–H groups in total. The Morgan fingerprint density at radius 1 is 1.26 bits per heavy atom. The van der Waals surface area contributed by atoms with Gasteiger partial charge in [-0.1, -0.05) is 12.1 Å². The second-order valence-corrected chi connectivity index (χ2v) is 5.91. The van der Waals surface area contributed by atoms with Gasteiger partial charge in [0, 0.05) is 5.92 Å². The first-order valence-electron chi connectivity index (χ1n) is 6.70. The lowest BCUT2D eigenvalue weighted by Crippen LogP contribution is -2.48. The number of hydrogen-bond acceptors (Lipinski definition) is 4. The number of nitrogens with zero attached hydrogens (tertiary/aromatic N) is 2. The van der Waals surface area contributed by atoms with Crippen molar-refractivity contribution in [2.45, 2.75) is 37.6 Å². The van der Waals surface area contributed by atoms with E-state index in [1.165, 1.54) is 0 Å². The Kier molecular flexibility index (Phi) is 2.18. The van der Waals surface area contributed by atoms with Gasteiger partial charge in [0.2, 0.25) is 6.08 Å². The molecular weight excluding hydrogens is 240 g/mol. The number of para-hydroxylation sites is 2. The van der Waals surface area contributed by atoms with Crippen molar-refractivity contribution in [1.82, 2.24) is 4.98 Å². The monoisotopic (exact) mass is 254 g/mol. The van der Waals surface area contributed by atoms with E-state index in [2.05, 4.69) is 9.98 Å². The van der Waals surface area contributed by atoms with Gasteiger partial charge in [-0.15, -0.1) is 0 Å². The van der Waals surface area contributed by atoms with E-state index in [1.807, 2.05) is 24.3 Å². The van der Waals surface area contributed by atoms with Gasteiger partial charge in [0.1, 0.15) is 5.52 Å². The molecule has 4 rings (SSSR count). The van der Waals surface area contributed by atoms with Crippen LogP contribution in [0.2, 0.25) is 0 Å². The fourth-order valence-electron chi connectivity index (χ4n) is 3.66. The number of rotatable bonds is 2. The van der Waals surface area contributed by atoms with E-state index >= 15 is 0 Å².